The first-order valence-corrected chi connectivity index (χ1v) is 6.01. The van der Waals surface area contributed by atoms with Crippen molar-refractivity contribution >= 4 is 24.1 Å². The highest BCUT2D eigenvalue weighted by Crippen LogP contribution is 2.28. The Morgan fingerprint density at radius 2 is 2.21 bits per heavy atom. The zero-order chi connectivity index (χ0) is 14.3. The zero-order valence-electron chi connectivity index (χ0n) is 11.1. The molecule has 2 N–H and O–H groups in total. The Morgan fingerprint density at radius 3 is 2.79 bits per heavy atom. The first kappa shape index (κ1) is 14.8. The number of carbonyl (C=O) groups is 2. The molecule has 19 heavy (non-hydrogen) atoms. The Hall–Kier alpha value is -2.30. The quantitative estimate of drug-likeness (QED) is 0.598. The summed E-state index contributed by atoms with van der Waals surface area (Å²) in [6.07, 6.45) is 4.45. The Kier molecular flexibility index (Phi) is 5.60. The van der Waals surface area contributed by atoms with Gasteiger partial charge < -0.3 is 15.4 Å². The van der Waals surface area contributed by atoms with Crippen LogP contribution in [0.1, 0.15) is 18.9 Å². The first-order chi connectivity index (χ1) is 9.08. The van der Waals surface area contributed by atoms with Gasteiger partial charge in [0, 0.05) is 13.1 Å². The van der Waals surface area contributed by atoms with E-state index in [0.717, 1.165) is 12.0 Å². The summed E-state index contributed by atoms with van der Waals surface area (Å²) in [6.45, 7) is 2.59. The van der Waals surface area contributed by atoms with E-state index in [1.807, 2.05) is 6.92 Å². The molecule has 2 amide bonds. The lowest BCUT2D eigenvalue weighted by Gasteiger charge is -2.17. The molecule has 0 unspecified atom stereocenters. The van der Waals surface area contributed by atoms with Crippen molar-refractivity contribution in [3.8, 4) is 5.75 Å². The molecule has 0 saturated heterocycles. The van der Waals surface area contributed by atoms with E-state index in [1.54, 1.807) is 31.3 Å². The van der Waals surface area contributed by atoms with E-state index in [4.69, 9.17) is 10.5 Å². The fourth-order valence-corrected chi connectivity index (χ4v) is 1.48. The summed E-state index contributed by atoms with van der Waals surface area (Å²) in [6, 6.07) is 5.33. The van der Waals surface area contributed by atoms with Crippen molar-refractivity contribution in [3.63, 3.8) is 0 Å². The van der Waals surface area contributed by atoms with Crippen LogP contribution in [0.4, 0.5) is 5.69 Å². The molecule has 0 aliphatic heterocycles. The average molecular weight is 262 g/mol. The van der Waals surface area contributed by atoms with Crippen LogP contribution in [-0.2, 0) is 9.59 Å². The number of nitrogens with zero attached hydrogens (tertiary/aromatic N) is 1. The zero-order valence-corrected chi connectivity index (χ0v) is 11.1. The Balaban J connectivity index is 3.07. The van der Waals surface area contributed by atoms with Gasteiger partial charge in [0.25, 0.3) is 0 Å². The van der Waals surface area contributed by atoms with Gasteiger partial charge in [-0.15, -0.1) is 0 Å². The van der Waals surface area contributed by atoms with E-state index >= 15 is 0 Å². The number of hydrogen-bond donors (Lipinski definition) is 1. The lowest BCUT2D eigenvalue weighted by atomic mass is 10.1. The van der Waals surface area contributed by atoms with Crippen LogP contribution < -0.4 is 15.4 Å². The van der Waals surface area contributed by atoms with E-state index in [2.05, 4.69) is 0 Å². The lowest BCUT2D eigenvalue weighted by molar-refractivity contribution is -0.113. The monoisotopic (exact) mass is 262 g/mol. The average Bonchev–Trinajstić information content (AvgIpc) is 2.42. The topological polar surface area (TPSA) is 72.6 Å². The second kappa shape index (κ2) is 7.20. The van der Waals surface area contributed by atoms with E-state index in [-0.39, 0.29) is 0 Å². The summed E-state index contributed by atoms with van der Waals surface area (Å²) < 4.78 is 5.57. The highest BCUT2D eigenvalue weighted by Gasteiger charge is 2.08. The highest BCUT2D eigenvalue weighted by atomic mass is 16.5. The molecule has 0 aliphatic carbocycles. The van der Waals surface area contributed by atoms with Gasteiger partial charge >= 0.3 is 0 Å². The van der Waals surface area contributed by atoms with Crippen molar-refractivity contribution in [1.29, 1.82) is 0 Å². The van der Waals surface area contributed by atoms with Crippen molar-refractivity contribution in [3.05, 3.63) is 29.8 Å². The fraction of sp³-hybridized carbons (Fsp3) is 0.286. The van der Waals surface area contributed by atoms with Crippen LogP contribution in [0, 0.1) is 0 Å². The molecular weight excluding hydrogens is 244 g/mol. The van der Waals surface area contributed by atoms with Gasteiger partial charge in [-0.25, -0.2) is 0 Å². The molecule has 1 rings (SSSR count). The van der Waals surface area contributed by atoms with Crippen LogP contribution in [0.2, 0.25) is 0 Å². The molecule has 0 bridgehead atoms. The Labute approximate surface area is 112 Å². The van der Waals surface area contributed by atoms with Crippen LogP contribution in [0.25, 0.3) is 6.08 Å². The summed E-state index contributed by atoms with van der Waals surface area (Å²) in [7, 11) is 1.64. The van der Waals surface area contributed by atoms with E-state index in [1.165, 1.54) is 11.0 Å². The number of carbonyl (C=O) groups excluding carboxylic acids is 2. The third-order valence-corrected chi connectivity index (χ3v) is 2.42. The lowest BCUT2D eigenvalue weighted by Crippen LogP contribution is -2.15. The molecule has 5 heteroatoms. The minimum atomic E-state index is -0.517. The predicted octanol–water partition coefficient (Wildman–Crippen LogP) is 1.57. The van der Waals surface area contributed by atoms with Gasteiger partial charge in [0.15, 0.2) is 0 Å². The number of nitrogens with two attached hydrogens (primary N) is 1. The maximum atomic E-state index is 10.9. The molecule has 0 heterocycles. The molecule has 0 saturated carbocycles. The molecule has 1 aromatic carbocycles. The second-order valence-electron chi connectivity index (χ2n) is 4.03. The molecule has 0 atom stereocenters. The third-order valence-electron chi connectivity index (χ3n) is 2.42. The molecule has 1 aromatic rings. The van der Waals surface area contributed by atoms with E-state index < -0.39 is 5.91 Å². The standard InChI is InChI=1S/C14H18N2O3/c1-3-8-19-13-6-4-11(5-7-14(15)18)9-12(13)16(2)10-17/h4-7,9-10H,3,8H2,1-2H3,(H2,15,18)/b7-5+. The van der Waals surface area contributed by atoms with Crippen LogP contribution in [0.3, 0.4) is 0 Å². The summed E-state index contributed by atoms with van der Waals surface area (Å²) in [5, 5.41) is 0. The summed E-state index contributed by atoms with van der Waals surface area (Å²) in [5.74, 6) is 0.115. The maximum Gasteiger partial charge on any atom is 0.241 e. The number of anilines is 1. The van der Waals surface area contributed by atoms with E-state index in [0.29, 0.717) is 24.5 Å². The van der Waals surface area contributed by atoms with Crippen LogP contribution in [-0.4, -0.2) is 26.0 Å². The van der Waals surface area contributed by atoms with Crippen molar-refractivity contribution < 1.29 is 14.3 Å². The maximum absolute atomic E-state index is 10.9. The normalized spacial score (nSPS) is 10.4. The summed E-state index contributed by atoms with van der Waals surface area (Å²) in [4.78, 5) is 23.0. The number of rotatable bonds is 7. The third kappa shape index (κ3) is 4.46. The molecule has 5 nitrogen and oxygen atoms in total. The van der Waals surface area contributed by atoms with Crippen molar-refractivity contribution in [2.24, 2.45) is 5.73 Å². The highest BCUT2D eigenvalue weighted by molar-refractivity contribution is 5.90. The minimum Gasteiger partial charge on any atom is -0.491 e. The number of ether oxygens (including phenoxy) is 1. The SMILES string of the molecule is CCCOc1ccc(/C=C/C(N)=O)cc1N(C)C=O. The molecule has 102 valence electrons. The molecule has 0 spiro atoms. The van der Waals surface area contributed by atoms with Gasteiger partial charge in [-0.2, -0.15) is 0 Å². The van der Waals surface area contributed by atoms with Crippen LogP contribution in [0.15, 0.2) is 24.3 Å². The summed E-state index contributed by atoms with van der Waals surface area (Å²) in [5.41, 5.74) is 6.46. The first-order valence-electron chi connectivity index (χ1n) is 6.01. The molecule has 0 aliphatic rings. The number of benzene rings is 1. The summed E-state index contributed by atoms with van der Waals surface area (Å²) >= 11 is 0. The predicted molar refractivity (Wildman–Crippen MR) is 74.9 cm³/mol. The van der Waals surface area contributed by atoms with Gasteiger partial charge in [0.2, 0.25) is 12.3 Å². The molecular formula is C14H18N2O3. The van der Waals surface area contributed by atoms with Gasteiger partial charge in [-0.3, -0.25) is 9.59 Å². The van der Waals surface area contributed by atoms with Gasteiger partial charge in [0.1, 0.15) is 5.75 Å². The smallest absolute Gasteiger partial charge is 0.241 e. The van der Waals surface area contributed by atoms with Crippen LogP contribution in [0.5, 0.6) is 5.75 Å². The number of amides is 2. The Bertz CT molecular complexity index is 484. The minimum absolute atomic E-state index is 0.517. The van der Waals surface area contributed by atoms with Crippen molar-refractivity contribution in [2.75, 3.05) is 18.6 Å². The van der Waals surface area contributed by atoms with Gasteiger partial charge in [-0.05, 0) is 30.2 Å². The largest absolute Gasteiger partial charge is 0.491 e. The van der Waals surface area contributed by atoms with Crippen LogP contribution >= 0.6 is 0 Å². The number of primary amides is 1. The van der Waals surface area contributed by atoms with Crippen molar-refractivity contribution in [2.45, 2.75) is 13.3 Å². The molecule has 0 radical (unpaired) electrons. The fourth-order valence-electron chi connectivity index (χ4n) is 1.48. The second-order valence-corrected chi connectivity index (χ2v) is 4.03. The van der Waals surface area contributed by atoms with E-state index in [9.17, 15) is 9.59 Å². The molecule has 0 aromatic heterocycles. The van der Waals surface area contributed by atoms with Crippen molar-refractivity contribution in [1.82, 2.24) is 0 Å². The van der Waals surface area contributed by atoms with Gasteiger partial charge in [-0.1, -0.05) is 13.0 Å². The van der Waals surface area contributed by atoms with Gasteiger partial charge in [0.05, 0.1) is 12.3 Å². The number of hydrogen-bond acceptors (Lipinski definition) is 3. The molecule has 0 fully saturated rings. The Morgan fingerprint density at radius 1 is 1.47 bits per heavy atom.